The number of rotatable bonds is 11. The van der Waals surface area contributed by atoms with Crippen LogP contribution in [0.1, 0.15) is 103 Å². The minimum atomic E-state index is 0.0699. The molecule has 0 aromatic carbocycles. The first-order valence-corrected chi connectivity index (χ1v) is 9.99. The number of esters is 1. The zero-order chi connectivity index (χ0) is 15.6. The highest BCUT2D eigenvalue weighted by molar-refractivity contribution is 5.69. The Bertz CT molecular complexity index is 305. The second-order valence-corrected chi connectivity index (χ2v) is 7.62. The maximum atomic E-state index is 12.0. The Morgan fingerprint density at radius 1 is 0.864 bits per heavy atom. The summed E-state index contributed by atoms with van der Waals surface area (Å²) in [4.78, 5) is 12.0. The molecule has 1 unspecified atom stereocenters. The van der Waals surface area contributed by atoms with Gasteiger partial charge in [0.2, 0.25) is 0 Å². The van der Waals surface area contributed by atoms with Crippen LogP contribution in [-0.4, -0.2) is 12.1 Å². The van der Waals surface area contributed by atoms with Crippen LogP contribution in [0.5, 0.6) is 0 Å². The van der Waals surface area contributed by atoms with Crippen LogP contribution < -0.4 is 0 Å². The van der Waals surface area contributed by atoms with Crippen LogP contribution >= 0.6 is 0 Å². The van der Waals surface area contributed by atoms with E-state index in [0.29, 0.717) is 12.3 Å². The summed E-state index contributed by atoms with van der Waals surface area (Å²) in [6, 6.07) is 0. The highest BCUT2D eigenvalue weighted by atomic mass is 16.5. The van der Waals surface area contributed by atoms with Gasteiger partial charge in [0, 0.05) is 6.42 Å². The van der Waals surface area contributed by atoms with E-state index in [1.807, 2.05) is 0 Å². The molecule has 0 amide bonds. The Morgan fingerprint density at radius 3 is 2.00 bits per heavy atom. The zero-order valence-electron chi connectivity index (χ0n) is 14.7. The predicted molar refractivity (Wildman–Crippen MR) is 91.8 cm³/mol. The Kier molecular flexibility index (Phi) is 8.33. The molecule has 0 spiro atoms. The minimum Gasteiger partial charge on any atom is -0.462 e. The number of hydrogen-bond donors (Lipinski definition) is 0. The molecule has 0 saturated heterocycles. The van der Waals surface area contributed by atoms with Crippen molar-refractivity contribution < 1.29 is 9.53 Å². The molecule has 2 bridgehead atoms. The predicted octanol–water partition coefficient (Wildman–Crippen LogP) is 6.03. The summed E-state index contributed by atoms with van der Waals surface area (Å²) in [6.45, 7) is 2.26. The number of ether oxygens (including phenoxy) is 1. The van der Waals surface area contributed by atoms with E-state index in [2.05, 4.69) is 6.92 Å². The third kappa shape index (κ3) is 6.30. The molecule has 3 aliphatic carbocycles. The molecule has 2 heteroatoms. The summed E-state index contributed by atoms with van der Waals surface area (Å²) in [6.07, 6.45) is 19.1. The first-order valence-electron chi connectivity index (χ1n) is 9.99. The van der Waals surface area contributed by atoms with Crippen molar-refractivity contribution in [2.75, 3.05) is 0 Å². The fourth-order valence-corrected chi connectivity index (χ4v) is 4.27. The average molecular weight is 309 g/mol. The van der Waals surface area contributed by atoms with E-state index in [1.54, 1.807) is 0 Å². The summed E-state index contributed by atoms with van der Waals surface area (Å²) in [5, 5.41) is 0. The van der Waals surface area contributed by atoms with Crippen LogP contribution in [0.2, 0.25) is 0 Å². The molecule has 3 fully saturated rings. The van der Waals surface area contributed by atoms with Crippen LogP contribution in [-0.2, 0) is 9.53 Å². The van der Waals surface area contributed by atoms with Gasteiger partial charge >= 0.3 is 5.97 Å². The van der Waals surface area contributed by atoms with E-state index in [1.165, 1.54) is 77.0 Å². The third-order valence-electron chi connectivity index (χ3n) is 5.75. The summed E-state index contributed by atoms with van der Waals surface area (Å²) >= 11 is 0. The van der Waals surface area contributed by atoms with E-state index >= 15 is 0 Å². The molecule has 0 aliphatic heterocycles. The van der Waals surface area contributed by atoms with Crippen molar-refractivity contribution in [2.24, 2.45) is 11.8 Å². The molecule has 0 N–H and O–H groups in total. The maximum Gasteiger partial charge on any atom is 0.306 e. The second-order valence-electron chi connectivity index (χ2n) is 7.62. The number of fused-ring (bicyclic) bond motifs is 3. The van der Waals surface area contributed by atoms with Crippen molar-refractivity contribution in [3.8, 4) is 0 Å². The van der Waals surface area contributed by atoms with Gasteiger partial charge in [-0.25, -0.2) is 0 Å². The molecule has 22 heavy (non-hydrogen) atoms. The zero-order valence-corrected chi connectivity index (χ0v) is 14.7. The molecule has 0 radical (unpaired) electrons. The van der Waals surface area contributed by atoms with E-state index in [-0.39, 0.29) is 12.1 Å². The fraction of sp³-hybridized carbons (Fsp3) is 0.950. The van der Waals surface area contributed by atoms with Gasteiger partial charge in [0.15, 0.2) is 0 Å². The van der Waals surface area contributed by atoms with Crippen molar-refractivity contribution in [1.29, 1.82) is 0 Å². The normalized spacial score (nSPS) is 27.0. The fourth-order valence-electron chi connectivity index (χ4n) is 4.27. The standard InChI is InChI=1S/C20H36O2/c1-2-3-4-5-6-7-8-9-10-11-20(21)22-19-16-17-12-14-18(19)15-13-17/h17-19H,2-16H2,1H3. The minimum absolute atomic E-state index is 0.0699. The smallest absolute Gasteiger partial charge is 0.306 e. The first kappa shape index (κ1) is 17.8. The van der Waals surface area contributed by atoms with Crippen molar-refractivity contribution in [3.63, 3.8) is 0 Å². The molecule has 0 heterocycles. The van der Waals surface area contributed by atoms with Gasteiger partial charge in [-0.15, -0.1) is 0 Å². The summed E-state index contributed by atoms with van der Waals surface area (Å²) in [7, 11) is 0. The topological polar surface area (TPSA) is 26.3 Å². The van der Waals surface area contributed by atoms with Gasteiger partial charge in [-0.2, -0.15) is 0 Å². The molecule has 3 saturated carbocycles. The van der Waals surface area contributed by atoms with Gasteiger partial charge < -0.3 is 4.74 Å². The molecule has 0 aromatic rings. The molecule has 3 aliphatic rings. The van der Waals surface area contributed by atoms with E-state index in [0.717, 1.165) is 18.8 Å². The van der Waals surface area contributed by atoms with Crippen molar-refractivity contribution >= 4 is 5.97 Å². The molecular weight excluding hydrogens is 272 g/mol. The van der Waals surface area contributed by atoms with Crippen molar-refractivity contribution in [3.05, 3.63) is 0 Å². The van der Waals surface area contributed by atoms with Crippen LogP contribution in [0.3, 0.4) is 0 Å². The van der Waals surface area contributed by atoms with Gasteiger partial charge in [0.25, 0.3) is 0 Å². The SMILES string of the molecule is CCCCCCCCCCCC(=O)OC1CC2CCC1CC2. The quantitative estimate of drug-likeness (QED) is 0.344. The lowest BCUT2D eigenvalue weighted by molar-refractivity contribution is -0.157. The number of hydrogen-bond acceptors (Lipinski definition) is 2. The van der Waals surface area contributed by atoms with Gasteiger partial charge in [-0.05, 0) is 50.4 Å². The Hall–Kier alpha value is -0.530. The first-order chi connectivity index (χ1) is 10.8. The summed E-state index contributed by atoms with van der Waals surface area (Å²) in [5.74, 6) is 1.59. The van der Waals surface area contributed by atoms with Crippen LogP contribution in [0.4, 0.5) is 0 Å². The monoisotopic (exact) mass is 308 g/mol. The van der Waals surface area contributed by atoms with Crippen LogP contribution in [0, 0.1) is 11.8 Å². The van der Waals surface area contributed by atoms with Gasteiger partial charge in [-0.3, -0.25) is 4.79 Å². The second kappa shape index (κ2) is 10.3. The molecule has 128 valence electrons. The molecule has 2 nitrogen and oxygen atoms in total. The number of carbonyl (C=O) groups excluding carboxylic acids is 1. The van der Waals surface area contributed by atoms with Gasteiger partial charge in [0.05, 0.1) is 0 Å². The van der Waals surface area contributed by atoms with E-state index < -0.39 is 0 Å². The highest BCUT2D eigenvalue weighted by Crippen LogP contribution is 2.42. The molecular formula is C20H36O2. The van der Waals surface area contributed by atoms with E-state index in [9.17, 15) is 4.79 Å². The maximum absolute atomic E-state index is 12.0. The largest absolute Gasteiger partial charge is 0.462 e. The van der Waals surface area contributed by atoms with Crippen LogP contribution in [0.15, 0.2) is 0 Å². The van der Waals surface area contributed by atoms with Crippen molar-refractivity contribution in [2.45, 2.75) is 109 Å². The molecule has 0 aromatic heterocycles. The lowest BCUT2D eigenvalue weighted by Gasteiger charge is -2.41. The Balaban J connectivity index is 1.43. The van der Waals surface area contributed by atoms with Crippen LogP contribution in [0.25, 0.3) is 0 Å². The van der Waals surface area contributed by atoms with Gasteiger partial charge in [-0.1, -0.05) is 58.3 Å². The Morgan fingerprint density at radius 2 is 1.45 bits per heavy atom. The Labute approximate surface area is 137 Å². The number of unbranched alkanes of at least 4 members (excludes halogenated alkanes) is 8. The molecule has 3 rings (SSSR count). The van der Waals surface area contributed by atoms with Crippen molar-refractivity contribution in [1.82, 2.24) is 0 Å². The summed E-state index contributed by atoms with van der Waals surface area (Å²) < 4.78 is 5.76. The highest BCUT2D eigenvalue weighted by Gasteiger charge is 2.37. The lowest BCUT2D eigenvalue weighted by atomic mass is 9.69. The third-order valence-corrected chi connectivity index (χ3v) is 5.75. The van der Waals surface area contributed by atoms with Gasteiger partial charge in [0.1, 0.15) is 6.10 Å². The molecule has 1 atom stereocenters. The van der Waals surface area contributed by atoms with E-state index in [4.69, 9.17) is 4.74 Å². The average Bonchev–Trinajstić information content (AvgIpc) is 2.54. The lowest BCUT2D eigenvalue weighted by Crippen LogP contribution is -2.38. The number of carbonyl (C=O) groups is 1. The summed E-state index contributed by atoms with van der Waals surface area (Å²) in [5.41, 5.74) is 0.